The molecule has 0 N–H and O–H groups in total. The van der Waals surface area contributed by atoms with Crippen molar-refractivity contribution in [2.45, 2.75) is 20.3 Å². The van der Waals surface area contributed by atoms with Crippen molar-refractivity contribution in [3.8, 4) is 11.3 Å². The first-order valence-electron chi connectivity index (χ1n) is 6.73. The SMILES string of the molecule is Cc1cc(C(=O)Cc2nc(-c3ccccc3)cs2)sc1C. The standard InChI is InChI=1S/C17H15NOS2/c1-11-8-16(21-12(11)2)15(19)9-17-18-14(10-20-17)13-6-4-3-5-7-13/h3-8,10H,9H2,1-2H3. The maximum absolute atomic E-state index is 12.3. The van der Waals surface area contributed by atoms with E-state index in [1.165, 1.54) is 10.4 Å². The van der Waals surface area contributed by atoms with E-state index in [1.54, 1.807) is 22.7 Å². The van der Waals surface area contributed by atoms with E-state index < -0.39 is 0 Å². The minimum atomic E-state index is 0.158. The maximum Gasteiger partial charge on any atom is 0.179 e. The fourth-order valence-corrected chi connectivity index (χ4v) is 3.84. The largest absolute Gasteiger partial charge is 0.293 e. The summed E-state index contributed by atoms with van der Waals surface area (Å²) < 4.78 is 0. The third-order valence-corrected chi connectivity index (χ3v) is 5.42. The molecule has 4 heteroatoms. The van der Waals surface area contributed by atoms with E-state index in [2.05, 4.69) is 4.98 Å². The minimum Gasteiger partial charge on any atom is -0.293 e. The van der Waals surface area contributed by atoms with Crippen molar-refractivity contribution in [2.75, 3.05) is 0 Å². The van der Waals surface area contributed by atoms with Gasteiger partial charge in [0.05, 0.1) is 17.0 Å². The number of aromatic nitrogens is 1. The topological polar surface area (TPSA) is 30.0 Å². The highest BCUT2D eigenvalue weighted by Gasteiger charge is 2.14. The van der Waals surface area contributed by atoms with Crippen LogP contribution >= 0.6 is 22.7 Å². The Morgan fingerprint density at radius 1 is 1.19 bits per heavy atom. The van der Waals surface area contributed by atoms with Gasteiger partial charge >= 0.3 is 0 Å². The average molecular weight is 313 g/mol. The molecule has 3 rings (SSSR count). The van der Waals surface area contributed by atoms with E-state index in [4.69, 9.17) is 0 Å². The van der Waals surface area contributed by atoms with E-state index in [9.17, 15) is 4.79 Å². The molecule has 0 amide bonds. The number of hydrogen-bond donors (Lipinski definition) is 0. The van der Waals surface area contributed by atoms with Gasteiger partial charge in [0.2, 0.25) is 0 Å². The lowest BCUT2D eigenvalue weighted by Gasteiger charge is -1.95. The van der Waals surface area contributed by atoms with Crippen LogP contribution in [0.15, 0.2) is 41.8 Å². The van der Waals surface area contributed by atoms with E-state index in [0.29, 0.717) is 6.42 Å². The summed E-state index contributed by atoms with van der Waals surface area (Å²) in [7, 11) is 0. The van der Waals surface area contributed by atoms with Crippen molar-refractivity contribution < 1.29 is 4.79 Å². The molecule has 0 aliphatic heterocycles. The number of hydrogen-bond acceptors (Lipinski definition) is 4. The number of aryl methyl sites for hydroxylation is 2. The molecule has 1 aromatic carbocycles. The Labute approximate surface area is 132 Å². The van der Waals surface area contributed by atoms with Crippen molar-refractivity contribution in [1.82, 2.24) is 4.98 Å². The molecule has 0 aliphatic carbocycles. The van der Waals surface area contributed by atoms with E-state index >= 15 is 0 Å². The van der Waals surface area contributed by atoms with Crippen LogP contribution in [-0.4, -0.2) is 10.8 Å². The Bertz CT molecular complexity index is 752. The molecular weight excluding hydrogens is 298 g/mol. The fourth-order valence-electron chi connectivity index (χ4n) is 2.07. The minimum absolute atomic E-state index is 0.158. The van der Waals surface area contributed by atoms with Crippen LogP contribution in [0.2, 0.25) is 0 Å². The number of nitrogens with zero attached hydrogens (tertiary/aromatic N) is 1. The lowest BCUT2D eigenvalue weighted by molar-refractivity contribution is 0.0996. The van der Waals surface area contributed by atoms with Gasteiger partial charge in [0.15, 0.2) is 5.78 Å². The number of Topliss-reactive ketones (excluding diaryl/α,β-unsaturated/α-hetero) is 1. The first-order chi connectivity index (χ1) is 10.1. The van der Waals surface area contributed by atoms with Crippen molar-refractivity contribution >= 4 is 28.5 Å². The predicted octanol–water partition coefficient (Wildman–Crippen LogP) is 4.91. The first kappa shape index (κ1) is 14.2. The first-order valence-corrected chi connectivity index (χ1v) is 8.43. The molecule has 2 heterocycles. The summed E-state index contributed by atoms with van der Waals surface area (Å²) in [4.78, 5) is 18.9. The van der Waals surface area contributed by atoms with Gasteiger partial charge in [0.1, 0.15) is 5.01 Å². The lowest BCUT2D eigenvalue weighted by atomic mass is 10.2. The average Bonchev–Trinajstić information content (AvgIpc) is 3.08. The molecule has 0 bridgehead atoms. The van der Waals surface area contributed by atoms with Crippen LogP contribution < -0.4 is 0 Å². The normalized spacial score (nSPS) is 10.8. The van der Waals surface area contributed by atoms with Crippen molar-refractivity contribution in [3.63, 3.8) is 0 Å². The molecule has 0 saturated carbocycles. The zero-order chi connectivity index (χ0) is 14.8. The summed E-state index contributed by atoms with van der Waals surface area (Å²) >= 11 is 3.12. The quantitative estimate of drug-likeness (QED) is 0.640. The van der Waals surface area contributed by atoms with E-state index in [-0.39, 0.29) is 5.78 Å². The molecule has 2 aromatic heterocycles. The Morgan fingerprint density at radius 3 is 2.62 bits per heavy atom. The predicted molar refractivity (Wildman–Crippen MR) is 89.4 cm³/mol. The number of benzene rings is 1. The van der Waals surface area contributed by atoms with Gasteiger partial charge in [-0.3, -0.25) is 4.79 Å². The summed E-state index contributed by atoms with van der Waals surface area (Å²) in [6.07, 6.45) is 0.386. The van der Waals surface area contributed by atoms with Crippen molar-refractivity contribution in [3.05, 3.63) is 62.1 Å². The molecule has 0 unspecified atom stereocenters. The Balaban J connectivity index is 1.77. The molecule has 0 radical (unpaired) electrons. The second-order valence-corrected chi connectivity index (χ2v) is 7.14. The molecule has 0 aliphatic rings. The molecule has 3 aromatic rings. The van der Waals surface area contributed by atoms with Gasteiger partial charge in [-0.25, -0.2) is 4.98 Å². The molecule has 0 fully saturated rings. The van der Waals surface area contributed by atoms with Gasteiger partial charge < -0.3 is 0 Å². The van der Waals surface area contributed by atoms with Gasteiger partial charge in [-0.05, 0) is 25.5 Å². The zero-order valence-corrected chi connectivity index (χ0v) is 13.6. The zero-order valence-electron chi connectivity index (χ0n) is 11.9. The van der Waals surface area contributed by atoms with Crippen LogP contribution in [0.4, 0.5) is 0 Å². The number of rotatable bonds is 4. The summed E-state index contributed by atoms with van der Waals surface area (Å²) in [6, 6.07) is 12.0. The molecule has 21 heavy (non-hydrogen) atoms. The van der Waals surface area contributed by atoms with Crippen molar-refractivity contribution in [2.24, 2.45) is 0 Å². The van der Waals surface area contributed by atoms with Crippen LogP contribution in [0.3, 0.4) is 0 Å². The molecule has 106 valence electrons. The smallest absolute Gasteiger partial charge is 0.179 e. The van der Waals surface area contributed by atoms with Crippen LogP contribution in [0.1, 0.15) is 25.1 Å². The van der Waals surface area contributed by atoms with Gasteiger partial charge in [-0.1, -0.05) is 30.3 Å². The monoisotopic (exact) mass is 313 g/mol. The van der Waals surface area contributed by atoms with Crippen LogP contribution in [-0.2, 0) is 6.42 Å². The second-order valence-electron chi connectivity index (χ2n) is 4.94. The summed E-state index contributed by atoms with van der Waals surface area (Å²) in [5.41, 5.74) is 3.23. The highest BCUT2D eigenvalue weighted by molar-refractivity contribution is 7.14. The second kappa shape index (κ2) is 5.92. The van der Waals surface area contributed by atoms with Gasteiger partial charge in [0, 0.05) is 15.8 Å². The molecule has 0 spiro atoms. The number of carbonyl (C=O) groups excluding carboxylic acids is 1. The van der Waals surface area contributed by atoms with Crippen LogP contribution in [0.25, 0.3) is 11.3 Å². The third kappa shape index (κ3) is 3.12. The molecule has 2 nitrogen and oxygen atoms in total. The molecule has 0 saturated heterocycles. The van der Waals surface area contributed by atoms with Crippen LogP contribution in [0, 0.1) is 13.8 Å². The van der Waals surface area contributed by atoms with Gasteiger partial charge in [0.25, 0.3) is 0 Å². The number of ketones is 1. The maximum atomic E-state index is 12.3. The highest BCUT2D eigenvalue weighted by Crippen LogP contribution is 2.25. The Hall–Kier alpha value is -1.78. The summed E-state index contributed by atoms with van der Waals surface area (Å²) in [5, 5.41) is 2.89. The number of carbonyl (C=O) groups is 1. The van der Waals surface area contributed by atoms with Gasteiger partial charge in [-0.2, -0.15) is 0 Å². The van der Waals surface area contributed by atoms with Crippen molar-refractivity contribution in [1.29, 1.82) is 0 Å². The van der Waals surface area contributed by atoms with E-state index in [0.717, 1.165) is 21.1 Å². The third-order valence-electron chi connectivity index (χ3n) is 3.37. The number of thiophene rings is 1. The fraction of sp³-hybridized carbons (Fsp3) is 0.176. The molecule has 0 atom stereocenters. The summed E-state index contributed by atoms with van der Waals surface area (Å²) in [6.45, 7) is 4.09. The number of thiazole rings is 1. The Kier molecular flexibility index (Phi) is 3.99. The van der Waals surface area contributed by atoms with Gasteiger partial charge in [-0.15, -0.1) is 22.7 Å². The van der Waals surface area contributed by atoms with E-state index in [1.807, 2.05) is 55.6 Å². The molecular formula is C17H15NOS2. The van der Waals surface area contributed by atoms with Crippen LogP contribution in [0.5, 0.6) is 0 Å². The lowest BCUT2D eigenvalue weighted by Crippen LogP contribution is -2.00. The highest BCUT2D eigenvalue weighted by atomic mass is 32.1. The Morgan fingerprint density at radius 2 is 1.95 bits per heavy atom. The summed E-state index contributed by atoms with van der Waals surface area (Å²) in [5.74, 6) is 0.158.